The molecule has 5 rings (SSSR count). The van der Waals surface area contributed by atoms with Crippen LogP contribution in [-0.2, 0) is 0 Å². The Morgan fingerprint density at radius 3 is 2.61 bits per heavy atom. The maximum Gasteiger partial charge on any atom is 0.272 e. The zero-order chi connectivity index (χ0) is 23.1. The minimum Gasteiger partial charge on any atom is -0.330 e. The van der Waals surface area contributed by atoms with Gasteiger partial charge in [0.25, 0.3) is 11.5 Å². The molecule has 3 aromatic rings. The van der Waals surface area contributed by atoms with Crippen molar-refractivity contribution in [2.45, 2.75) is 64.5 Å². The summed E-state index contributed by atoms with van der Waals surface area (Å²) in [5.74, 6) is 0.288. The molecule has 1 amide bonds. The number of rotatable bonds is 4. The molecule has 1 unspecified atom stereocenters. The van der Waals surface area contributed by atoms with E-state index in [9.17, 15) is 9.59 Å². The summed E-state index contributed by atoms with van der Waals surface area (Å²) in [6.45, 7) is 9.12. The maximum absolute atomic E-state index is 13.1. The van der Waals surface area contributed by atoms with Crippen LogP contribution in [0.25, 0.3) is 5.65 Å². The van der Waals surface area contributed by atoms with E-state index < -0.39 is 0 Å². The molecule has 2 aliphatic rings. The van der Waals surface area contributed by atoms with E-state index in [0.717, 1.165) is 55.9 Å². The van der Waals surface area contributed by atoms with Gasteiger partial charge in [-0.1, -0.05) is 0 Å². The number of nitrogens with zero attached hydrogens (tertiary/aromatic N) is 5. The van der Waals surface area contributed by atoms with Crippen LogP contribution in [0, 0.1) is 6.92 Å². The number of piperidine rings is 1. The molecule has 2 saturated heterocycles. The molecule has 0 bridgehead atoms. The van der Waals surface area contributed by atoms with E-state index in [1.165, 1.54) is 4.52 Å². The van der Waals surface area contributed by atoms with Gasteiger partial charge in [0.1, 0.15) is 0 Å². The van der Waals surface area contributed by atoms with Crippen molar-refractivity contribution in [1.82, 2.24) is 29.4 Å². The molecular formula is C25H32N6O2. The van der Waals surface area contributed by atoms with Gasteiger partial charge >= 0.3 is 0 Å². The summed E-state index contributed by atoms with van der Waals surface area (Å²) >= 11 is 0. The number of H-pyrrole nitrogens is 1. The van der Waals surface area contributed by atoms with Gasteiger partial charge in [-0.25, -0.2) is 9.50 Å². The number of amides is 1. The summed E-state index contributed by atoms with van der Waals surface area (Å²) in [7, 11) is 0. The van der Waals surface area contributed by atoms with Gasteiger partial charge in [0.05, 0.1) is 23.0 Å². The Hall–Kier alpha value is -3.00. The molecule has 5 heterocycles. The fourth-order valence-electron chi connectivity index (χ4n) is 5.21. The predicted molar refractivity (Wildman–Crippen MR) is 126 cm³/mol. The van der Waals surface area contributed by atoms with Gasteiger partial charge < -0.3 is 9.80 Å². The normalized spacial score (nSPS) is 20.2. The van der Waals surface area contributed by atoms with Gasteiger partial charge in [0, 0.05) is 42.5 Å². The topological polar surface area (TPSA) is 86.6 Å². The number of likely N-dealkylation sites (tertiary alicyclic amines) is 2. The van der Waals surface area contributed by atoms with Gasteiger partial charge in [-0.3, -0.25) is 19.7 Å². The third kappa shape index (κ3) is 4.19. The Balaban J connectivity index is 1.40. The van der Waals surface area contributed by atoms with E-state index in [2.05, 4.69) is 28.8 Å². The maximum atomic E-state index is 13.1. The summed E-state index contributed by atoms with van der Waals surface area (Å²) in [6.07, 6.45) is 5.46. The second kappa shape index (κ2) is 8.74. The fourth-order valence-corrected chi connectivity index (χ4v) is 5.21. The molecule has 1 N–H and O–H groups in total. The Morgan fingerprint density at radius 2 is 1.91 bits per heavy atom. The number of carbonyl (C=O) groups excluding carboxylic acids is 1. The van der Waals surface area contributed by atoms with Gasteiger partial charge in [-0.15, -0.1) is 0 Å². The molecule has 174 valence electrons. The number of aryl methyl sites for hydroxylation is 1. The first kappa shape index (κ1) is 21.8. The fraction of sp³-hybridized carbons (Fsp3) is 0.520. The first-order valence-corrected chi connectivity index (χ1v) is 12.0. The lowest BCUT2D eigenvalue weighted by Gasteiger charge is -2.34. The number of fused-ring (bicyclic) bond motifs is 1. The molecule has 0 spiro atoms. The minimum absolute atomic E-state index is 0.0263. The number of carbonyl (C=O) groups is 1. The zero-order valence-electron chi connectivity index (χ0n) is 19.6. The van der Waals surface area contributed by atoms with Crippen LogP contribution in [0.1, 0.15) is 78.9 Å². The summed E-state index contributed by atoms with van der Waals surface area (Å²) in [5.41, 5.74) is 3.77. The van der Waals surface area contributed by atoms with E-state index in [1.807, 2.05) is 30.0 Å². The number of hydrogen-bond donors (Lipinski definition) is 1. The van der Waals surface area contributed by atoms with Crippen molar-refractivity contribution in [2.24, 2.45) is 0 Å². The highest BCUT2D eigenvalue weighted by Crippen LogP contribution is 2.33. The van der Waals surface area contributed by atoms with E-state index in [-0.39, 0.29) is 17.5 Å². The molecule has 1 atom stereocenters. The van der Waals surface area contributed by atoms with E-state index >= 15 is 0 Å². The standard InChI is InChI=1S/C25H32N6O2/c1-16(2)29-11-8-18(9-12-29)20-14-24(32)31-23(27-20)13-21(28-31)22-5-4-10-30(22)25(33)19-7-6-17(3)26-15-19/h6-7,13-16,18,22,28H,4-5,8-12H2,1-3H3. The van der Waals surface area contributed by atoms with Crippen molar-refractivity contribution >= 4 is 11.6 Å². The number of aromatic nitrogens is 4. The van der Waals surface area contributed by atoms with Crippen LogP contribution in [-0.4, -0.2) is 61.0 Å². The summed E-state index contributed by atoms with van der Waals surface area (Å²) < 4.78 is 1.51. The SMILES string of the molecule is Cc1ccc(C(=O)N2CCCC2c2cc3nc(C4CCN(C(C)C)CC4)cc(=O)n3[nH]2)cn1. The molecule has 0 saturated carbocycles. The lowest BCUT2D eigenvalue weighted by atomic mass is 9.92. The second-order valence-electron chi connectivity index (χ2n) is 9.67. The highest BCUT2D eigenvalue weighted by atomic mass is 16.2. The molecule has 2 fully saturated rings. The average Bonchev–Trinajstić information content (AvgIpc) is 3.46. The van der Waals surface area contributed by atoms with Crippen molar-refractivity contribution in [1.29, 1.82) is 0 Å². The van der Waals surface area contributed by atoms with Crippen LogP contribution >= 0.6 is 0 Å². The Morgan fingerprint density at radius 1 is 1.12 bits per heavy atom. The van der Waals surface area contributed by atoms with Crippen LogP contribution in [0.3, 0.4) is 0 Å². The van der Waals surface area contributed by atoms with E-state index in [0.29, 0.717) is 29.7 Å². The molecule has 3 aromatic heterocycles. The molecule has 0 aliphatic carbocycles. The Bertz CT molecular complexity index is 1200. The highest BCUT2D eigenvalue weighted by Gasteiger charge is 2.32. The molecule has 8 nitrogen and oxygen atoms in total. The van der Waals surface area contributed by atoms with Crippen LogP contribution < -0.4 is 5.56 Å². The lowest BCUT2D eigenvalue weighted by molar-refractivity contribution is 0.0732. The van der Waals surface area contributed by atoms with Crippen LogP contribution in [0.4, 0.5) is 0 Å². The van der Waals surface area contributed by atoms with Crippen LogP contribution in [0.15, 0.2) is 35.3 Å². The lowest BCUT2D eigenvalue weighted by Crippen LogP contribution is -2.38. The largest absolute Gasteiger partial charge is 0.330 e. The predicted octanol–water partition coefficient (Wildman–Crippen LogP) is 3.29. The number of pyridine rings is 1. The third-order valence-corrected chi connectivity index (χ3v) is 7.20. The molecule has 2 aliphatic heterocycles. The minimum atomic E-state index is -0.0994. The second-order valence-corrected chi connectivity index (χ2v) is 9.67. The molecule has 0 radical (unpaired) electrons. The average molecular weight is 449 g/mol. The van der Waals surface area contributed by atoms with Gasteiger partial charge in [-0.2, -0.15) is 0 Å². The number of aromatic amines is 1. The molecule has 0 aromatic carbocycles. The van der Waals surface area contributed by atoms with Gasteiger partial charge in [-0.05, 0) is 71.7 Å². The summed E-state index contributed by atoms with van der Waals surface area (Å²) in [6, 6.07) is 7.76. The van der Waals surface area contributed by atoms with Crippen molar-refractivity contribution < 1.29 is 4.79 Å². The number of nitrogens with one attached hydrogen (secondary N) is 1. The van der Waals surface area contributed by atoms with Crippen LogP contribution in [0.2, 0.25) is 0 Å². The van der Waals surface area contributed by atoms with E-state index in [4.69, 9.17) is 4.98 Å². The first-order valence-electron chi connectivity index (χ1n) is 12.0. The van der Waals surface area contributed by atoms with Crippen molar-refractivity contribution in [3.8, 4) is 0 Å². The van der Waals surface area contributed by atoms with E-state index in [1.54, 1.807) is 12.3 Å². The number of hydrogen-bond acceptors (Lipinski definition) is 5. The Kier molecular flexibility index (Phi) is 5.78. The van der Waals surface area contributed by atoms with Gasteiger partial charge in [0.15, 0.2) is 5.65 Å². The molecular weight excluding hydrogens is 416 g/mol. The first-order chi connectivity index (χ1) is 15.9. The smallest absolute Gasteiger partial charge is 0.272 e. The third-order valence-electron chi connectivity index (χ3n) is 7.20. The van der Waals surface area contributed by atoms with Crippen molar-refractivity contribution in [3.63, 3.8) is 0 Å². The van der Waals surface area contributed by atoms with Gasteiger partial charge in [0.2, 0.25) is 0 Å². The molecule has 8 heteroatoms. The summed E-state index contributed by atoms with van der Waals surface area (Å²) in [5, 5.41) is 3.23. The van der Waals surface area contributed by atoms with Crippen molar-refractivity contribution in [2.75, 3.05) is 19.6 Å². The monoisotopic (exact) mass is 448 g/mol. The highest BCUT2D eigenvalue weighted by molar-refractivity contribution is 5.94. The zero-order valence-corrected chi connectivity index (χ0v) is 19.6. The Labute approximate surface area is 193 Å². The summed E-state index contributed by atoms with van der Waals surface area (Å²) in [4.78, 5) is 39.5. The van der Waals surface area contributed by atoms with Crippen molar-refractivity contribution in [3.05, 3.63) is 63.5 Å². The quantitative estimate of drug-likeness (QED) is 0.662. The van der Waals surface area contributed by atoms with Crippen LogP contribution in [0.5, 0.6) is 0 Å². The molecule has 33 heavy (non-hydrogen) atoms.